The SMILES string of the molecule is COC(=O)C(C)(C)c1cccc(B2OC(C)(C)C(C)(C)O2)c1.Cc1ccc2ccccc2c1C(=O)O.FC(F)(F)c1ccc(CBr)o1.NC1COc2cc(Br)ccc21. The first-order chi connectivity index (χ1) is 27.0. The number of esters is 1. The van der Waals surface area contributed by atoms with Gasteiger partial charge in [0.05, 0.1) is 40.7 Å². The minimum absolute atomic E-state index is 0.0538. The molecule has 3 N–H and O–H groups in total. The molecule has 15 heteroatoms. The van der Waals surface area contributed by atoms with Gasteiger partial charge in [-0.2, -0.15) is 13.2 Å². The molecule has 0 spiro atoms. The molecule has 1 aromatic heterocycles. The summed E-state index contributed by atoms with van der Waals surface area (Å²) >= 11 is 6.34. The Balaban J connectivity index is 0.000000179. The van der Waals surface area contributed by atoms with Crippen LogP contribution >= 0.6 is 31.9 Å². The van der Waals surface area contributed by atoms with Crippen molar-refractivity contribution in [3.8, 4) is 5.75 Å². The lowest BCUT2D eigenvalue weighted by Gasteiger charge is -2.32. The lowest BCUT2D eigenvalue weighted by molar-refractivity contribution is -0.153. The summed E-state index contributed by atoms with van der Waals surface area (Å²) in [4.78, 5) is 23.0. The molecule has 310 valence electrons. The first kappa shape index (κ1) is 46.5. The molecule has 1 unspecified atom stereocenters. The zero-order valence-electron chi connectivity index (χ0n) is 33.5. The normalized spacial score (nSPS) is 16.4. The molecule has 0 radical (unpaired) electrons. The second kappa shape index (κ2) is 18.8. The molecule has 1 saturated heterocycles. The van der Waals surface area contributed by atoms with Crippen LogP contribution in [0.25, 0.3) is 10.8 Å². The monoisotopic (exact) mass is 931 g/mol. The molecule has 0 aliphatic carbocycles. The van der Waals surface area contributed by atoms with Gasteiger partial charge in [0.15, 0.2) is 0 Å². The van der Waals surface area contributed by atoms with Gasteiger partial charge >= 0.3 is 25.2 Å². The zero-order chi connectivity index (χ0) is 43.2. The Kier molecular flexibility index (Phi) is 15.1. The molecule has 7 rings (SSSR count). The Hall–Kier alpha value is -4.15. The number of carboxylic acid groups (broad SMARTS) is 1. The Morgan fingerprint density at radius 2 is 1.59 bits per heavy atom. The van der Waals surface area contributed by atoms with Crippen LogP contribution in [0.15, 0.2) is 99.9 Å². The molecular weight excluding hydrogens is 886 g/mol. The topological polar surface area (TPSA) is 130 Å². The van der Waals surface area contributed by atoms with Crippen molar-refractivity contribution in [3.63, 3.8) is 0 Å². The number of nitrogens with two attached hydrogens (primary N) is 1. The third-order valence-electron chi connectivity index (χ3n) is 10.0. The summed E-state index contributed by atoms with van der Waals surface area (Å²) in [5, 5.41) is 11.1. The van der Waals surface area contributed by atoms with E-state index in [0.717, 1.165) is 49.2 Å². The molecule has 5 aromatic rings. The lowest BCUT2D eigenvalue weighted by atomic mass is 9.75. The van der Waals surface area contributed by atoms with Crippen molar-refractivity contribution in [2.75, 3.05) is 13.7 Å². The molecule has 9 nitrogen and oxygen atoms in total. The number of methoxy groups -OCH3 is 1. The van der Waals surface area contributed by atoms with E-state index in [4.69, 9.17) is 29.6 Å². The van der Waals surface area contributed by atoms with Crippen molar-refractivity contribution < 1.29 is 51.1 Å². The lowest BCUT2D eigenvalue weighted by Crippen LogP contribution is -2.41. The fraction of sp³-hybridized carbons (Fsp3) is 0.349. The summed E-state index contributed by atoms with van der Waals surface area (Å²) in [6.45, 7) is 14.2. The van der Waals surface area contributed by atoms with Gasteiger partial charge in [0.25, 0.3) is 0 Å². The minimum Gasteiger partial charge on any atom is -0.491 e. The summed E-state index contributed by atoms with van der Waals surface area (Å²) in [7, 11) is 0.973. The maximum atomic E-state index is 12.0. The van der Waals surface area contributed by atoms with Crippen LogP contribution in [0.4, 0.5) is 13.2 Å². The van der Waals surface area contributed by atoms with E-state index in [1.54, 1.807) is 0 Å². The van der Waals surface area contributed by atoms with Crippen LogP contribution in [0.5, 0.6) is 5.75 Å². The van der Waals surface area contributed by atoms with Crippen molar-refractivity contribution in [2.24, 2.45) is 5.73 Å². The molecule has 1 atom stereocenters. The zero-order valence-corrected chi connectivity index (χ0v) is 36.7. The van der Waals surface area contributed by atoms with E-state index in [1.165, 1.54) is 13.2 Å². The highest BCUT2D eigenvalue weighted by Gasteiger charge is 2.52. The van der Waals surface area contributed by atoms with Crippen LogP contribution in [0.3, 0.4) is 0 Å². The van der Waals surface area contributed by atoms with Gasteiger partial charge < -0.3 is 34.0 Å². The van der Waals surface area contributed by atoms with Crippen LogP contribution in [-0.2, 0) is 35.8 Å². The number of hydrogen-bond donors (Lipinski definition) is 2. The van der Waals surface area contributed by atoms with Gasteiger partial charge in [-0.3, -0.25) is 4.79 Å². The molecule has 2 aliphatic heterocycles. The van der Waals surface area contributed by atoms with Gasteiger partial charge in [-0.15, -0.1) is 0 Å². The Bertz CT molecular complexity index is 2210. The fourth-order valence-corrected chi connectivity index (χ4v) is 6.54. The molecule has 1 fully saturated rings. The maximum absolute atomic E-state index is 12.0. The van der Waals surface area contributed by atoms with Crippen molar-refractivity contribution in [2.45, 2.75) is 82.6 Å². The number of carboxylic acids is 1. The van der Waals surface area contributed by atoms with Crippen molar-refractivity contribution in [1.82, 2.24) is 0 Å². The summed E-state index contributed by atoms with van der Waals surface area (Å²) in [5.74, 6) is -0.894. The molecule has 0 saturated carbocycles. The van der Waals surface area contributed by atoms with Crippen LogP contribution in [0.1, 0.15) is 86.2 Å². The third-order valence-corrected chi connectivity index (χ3v) is 11.1. The quantitative estimate of drug-likeness (QED) is 0.100. The van der Waals surface area contributed by atoms with E-state index in [-0.39, 0.29) is 29.0 Å². The number of carbonyl (C=O) groups excluding carboxylic acids is 1. The number of hydrogen-bond acceptors (Lipinski definition) is 8. The Morgan fingerprint density at radius 1 is 0.931 bits per heavy atom. The fourth-order valence-electron chi connectivity index (χ4n) is 5.90. The first-order valence-electron chi connectivity index (χ1n) is 18.2. The maximum Gasteiger partial charge on any atom is 0.494 e. The molecule has 0 amide bonds. The number of aromatic carboxylic acids is 1. The Labute approximate surface area is 353 Å². The average Bonchev–Trinajstić information content (AvgIpc) is 3.86. The van der Waals surface area contributed by atoms with Gasteiger partial charge in [0.2, 0.25) is 5.76 Å². The smallest absolute Gasteiger partial charge is 0.491 e. The minimum atomic E-state index is -4.37. The number of furan rings is 1. The van der Waals surface area contributed by atoms with Gasteiger partial charge in [0, 0.05) is 10.0 Å². The molecule has 0 bridgehead atoms. The number of fused-ring (bicyclic) bond motifs is 2. The predicted molar refractivity (Wildman–Crippen MR) is 226 cm³/mol. The highest BCUT2D eigenvalue weighted by Crippen LogP contribution is 2.37. The summed E-state index contributed by atoms with van der Waals surface area (Å²) in [5.41, 5.74) is 8.38. The molecule has 4 aromatic carbocycles. The standard InChI is InChI=1S/C17H25BO4.C12H10O2.C8H8BrNO.C6H4BrF3O/c1-15(2,14(19)20-7)12-9-8-10-13(11-12)18-21-16(3,4)17(5,6)22-18;1-8-6-7-9-4-2-3-5-10(9)11(8)12(13)14;9-5-1-2-6-7(10)4-11-8(6)3-5;7-3-4-1-2-5(11-4)6(8,9)10/h8-11H,1-7H3;2-7H,1H3,(H,13,14);1-3,7H,4,10H2;1-2H,3H2. The van der Waals surface area contributed by atoms with Crippen LogP contribution in [0.2, 0.25) is 0 Å². The van der Waals surface area contributed by atoms with Gasteiger partial charge in [-0.1, -0.05) is 98.6 Å². The second-order valence-electron chi connectivity index (χ2n) is 15.1. The van der Waals surface area contributed by atoms with Gasteiger partial charge in [-0.25, -0.2) is 4.79 Å². The van der Waals surface area contributed by atoms with E-state index in [2.05, 4.69) is 36.3 Å². The number of halogens is 5. The molecule has 58 heavy (non-hydrogen) atoms. The number of rotatable bonds is 5. The molecule has 3 heterocycles. The third kappa shape index (κ3) is 11.1. The number of aryl methyl sites for hydroxylation is 1. The number of carbonyl (C=O) groups is 2. The average molecular weight is 933 g/mol. The van der Waals surface area contributed by atoms with Gasteiger partial charge in [0.1, 0.15) is 18.1 Å². The predicted octanol–water partition coefficient (Wildman–Crippen LogP) is 10.3. The van der Waals surface area contributed by atoms with Crippen molar-refractivity contribution in [3.05, 3.63) is 129 Å². The summed E-state index contributed by atoms with van der Waals surface area (Å²) < 4.78 is 63.3. The van der Waals surface area contributed by atoms with Crippen LogP contribution in [-0.4, -0.2) is 49.1 Å². The summed E-state index contributed by atoms with van der Waals surface area (Å²) in [6, 6.07) is 27.2. The van der Waals surface area contributed by atoms with E-state index in [1.807, 2.05) is 127 Å². The van der Waals surface area contributed by atoms with E-state index < -0.39 is 30.4 Å². The number of ether oxygens (including phenoxy) is 2. The highest BCUT2D eigenvalue weighted by atomic mass is 79.9. The van der Waals surface area contributed by atoms with E-state index >= 15 is 0 Å². The van der Waals surface area contributed by atoms with Crippen molar-refractivity contribution in [1.29, 1.82) is 0 Å². The van der Waals surface area contributed by atoms with Crippen molar-refractivity contribution >= 4 is 67.2 Å². The van der Waals surface area contributed by atoms with Crippen LogP contribution < -0.4 is 15.9 Å². The second-order valence-corrected chi connectivity index (χ2v) is 16.6. The largest absolute Gasteiger partial charge is 0.494 e. The first-order valence-corrected chi connectivity index (χ1v) is 20.1. The molecule has 2 aliphatic rings. The highest BCUT2D eigenvalue weighted by molar-refractivity contribution is 9.10. The van der Waals surface area contributed by atoms with Gasteiger partial charge in [-0.05, 0) is 100 Å². The van der Waals surface area contributed by atoms with Crippen LogP contribution in [0, 0.1) is 6.92 Å². The number of benzene rings is 4. The molecular formula is C43H47BBr2F3NO8. The Morgan fingerprint density at radius 3 is 2.16 bits per heavy atom. The van der Waals surface area contributed by atoms with E-state index in [0.29, 0.717) is 17.5 Å². The van der Waals surface area contributed by atoms with E-state index in [9.17, 15) is 22.8 Å². The summed E-state index contributed by atoms with van der Waals surface area (Å²) in [6.07, 6.45) is -4.37. The number of alkyl halides is 4.